The van der Waals surface area contributed by atoms with Crippen molar-refractivity contribution in [3.8, 4) is 0 Å². The molecule has 1 N–H and O–H groups in total. The van der Waals surface area contributed by atoms with Gasteiger partial charge in [-0.3, -0.25) is 4.90 Å². The molecule has 3 fully saturated rings. The van der Waals surface area contributed by atoms with Crippen LogP contribution in [0.5, 0.6) is 0 Å². The van der Waals surface area contributed by atoms with Crippen LogP contribution in [0, 0.1) is 5.92 Å². The van der Waals surface area contributed by atoms with Crippen LogP contribution < -0.4 is 5.32 Å². The number of nitrogens with zero attached hydrogens (tertiary/aromatic N) is 2. The average molecular weight is 279 g/mol. The molecule has 0 amide bonds. The molecule has 3 atom stereocenters. The molecular formula is C17H33N3. The second-order valence-corrected chi connectivity index (χ2v) is 7.47. The SMILES string of the molecule is CC(CNC1CCCC1)N1CCC2C(CCCN2C)C1. The zero-order chi connectivity index (χ0) is 13.9. The van der Waals surface area contributed by atoms with Gasteiger partial charge in [0.05, 0.1) is 0 Å². The first-order chi connectivity index (χ1) is 9.74. The molecule has 1 saturated carbocycles. The van der Waals surface area contributed by atoms with Crippen molar-refractivity contribution in [3.05, 3.63) is 0 Å². The molecule has 0 spiro atoms. The van der Waals surface area contributed by atoms with Crippen molar-refractivity contribution in [2.75, 3.05) is 33.2 Å². The minimum absolute atomic E-state index is 0.712. The summed E-state index contributed by atoms with van der Waals surface area (Å²) in [5.41, 5.74) is 0. The Morgan fingerprint density at radius 3 is 2.65 bits per heavy atom. The van der Waals surface area contributed by atoms with Crippen LogP contribution in [0.2, 0.25) is 0 Å². The van der Waals surface area contributed by atoms with E-state index in [1.165, 1.54) is 71.1 Å². The van der Waals surface area contributed by atoms with E-state index in [0.29, 0.717) is 6.04 Å². The van der Waals surface area contributed by atoms with Crippen LogP contribution in [0.1, 0.15) is 51.9 Å². The minimum Gasteiger partial charge on any atom is -0.312 e. The number of nitrogens with one attached hydrogen (secondary N) is 1. The molecule has 3 nitrogen and oxygen atoms in total. The third-order valence-electron chi connectivity index (χ3n) is 6.06. The first-order valence-corrected chi connectivity index (χ1v) is 8.91. The highest BCUT2D eigenvalue weighted by molar-refractivity contribution is 4.91. The summed E-state index contributed by atoms with van der Waals surface area (Å²) in [5.74, 6) is 0.927. The fourth-order valence-electron chi connectivity index (χ4n) is 4.68. The molecule has 3 unspecified atom stereocenters. The largest absolute Gasteiger partial charge is 0.312 e. The second-order valence-electron chi connectivity index (χ2n) is 7.47. The van der Waals surface area contributed by atoms with Crippen LogP contribution in [0.25, 0.3) is 0 Å². The summed E-state index contributed by atoms with van der Waals surface area (Å²) in [6.07, 6.45) is 9.92. The van der Waals surface area contributed by atoms with Crippen molar-refractivity contribution in [3.63, 3.8) is 0 Å². The lowest BCUT2D eigenvalue weighted by atomic mass is 9.83. The Kier molecular flexibility index (Phi) is 5.00. The van der Waals surface area contributed by atoms with Crippen molar-refractivity contribution in [2.24, 2.45) is 5.92 Å². The molecule has 116 valence electrons. The number of hydrogen-bond donors (Lipinski definition) is 1. The van der Waals surface area contributed by atoms with Gasteiger partial charge in [0.1, 0.15) is 0 Å². The summed E-state index contributed by atoms with van der Waals surface area (Å²) in [5, 5.41) is 3.81. The van der Waals surface area contributed by atoms with Crippen molar-refractivity contribution in [1.82, 2.24) is 15.1 Å². The lowest BCUT2D eigenvalue weighted by Crippen LogP contribution is -2.56. The van der Waals surface area contributed by atoms with Gasteiger partial charge in [0.25, 0.3) is 0 Å². The van der Waals surface area contributed by atoms with E-state index in [4.69, 9.17) is 0 Å². The molecule has 2 saturated heterocycles. The normalized spacial score (nSPS) is 35.1. The second kappa shape index (κ2) is 6.76. The van der Waals surface area contributed by atoms with E-state index in [-0.39, 0.29) is 0 Å². The van der Waals surface area contributed by atoms with Crippen molar-refractivity contribution >= 4 is 0 Å². The monoisotopic (exact) mass is 279 g/mol. The zero-order valence-electron chi connectivity index (χ0n) is 13.5. The maximum atomic E-state index is 3.81. The van der Waals surface area contributed by atoms with Gasteiger partial charge >= 0.3 is 0 Å². The molecule has 3 aliphatic rings. The summed E-state index contributed by atoms with van der Waals surface area (Å²) in [4.78, 5) is 5.37. The van der Waals surface area contributed by atoms with Crippen molar-refractivity contribution < 1.29 is 0 Å². The molecule has 2 heterocycles. The van der Waals surface area contributed by atoms with E-state index < -0.39 is 0 Å². The Bertz CT molecular complexity index is 301. The lowest BCUT2D eigenvalue weighted by molar-refractivity contribution is 0.0230. The van der Waals surface area contributed by atoms with Crippen molar-refractivity contribution in [1.29, 1.82) is 0 Å². The first-order valence-electron chi connectivity index (χ1n) is 8.91. The van der Waals surface area contributed by atoms with Gasteiger partial charge in [-0.1, -0.05) is 12.8 Å². The molecule has 3 rings (SSSR count). The number of hydrogen-bond acceptors (Lipinski definition) is 3. The molecule has 1 aliphatic carbocycles. The maximum Gasteiger partial charge on any atom is 0.0192 e. The van der Waals surface area contributed by atoms with Gasteiger partial charge < -0.3 is 10.2 Å². The quantitative estimate of drug-likeness (QED) is 0.852. The van der Waals surface area contributed by atoms with Gasteiger partial charge in [-0.15, -0.1) is 0 Å². The first kappa shape index (κ1) is 14.8. The van der Waals surface area contributed by atoms with Crippen LogP contribution in [-0.4, -0.2) is 61.2 Å². The Balaban J connectivity index is 1.45. The zero-order valence-corrected chi connectivity index (χ0v) is 13.5. The minimum atomic E-state index is 0.712. The summed E-state index contributed by atoms with van der Waals surface area (Å²) in [6, 6.07) is 2.40. The van der Waals surface area contributed by atoms with Crippen LogP contribution in [-0.2, 0) is 0 Å². The predicted octanol–water partition coefficient (Wildman–Crippen LogP) is 2.32. The number of fused-ring (bicyclic) bond motifs is 1. The third kappa shape index (κ3) is 3.37. The van der Waals surface area contributed by atoms with Gasteiger partial charge in [-0.25, -0.2) is 0 Å². The predicted molar refractivity (Wildman–Crippen MR) is 85.1 cm³/mol. The number of rotatable bonds is 4. The van der Waals surface area contributed by atoms with E-state index >= 15 is 0 Å². The van der Waals surface area contributed by atoms with E-state index in [0.717, 1.165) is 18.0 Å². The van der Waals surface area contributed by atoms with Crippen LogP contribution in [0.3, 0.4) is 0 Å². The fraction of sp³-hybridized carbons (Fsp3) is 1.00. The highest BCUT2D eigenvalue weighted by Gasteiger charge is 2.35. The van der Waals surface area contributed by atoms with Crippen LogP contribution >= 0.6 is 0 Å². The van der Waals surface area contributed by atoms with Crippen LogP contribution in [0.4, 0.5) is 0 Å². The molecule has 3 heteroatoms. The summed E-state index contributed by atoms with van der Waals surface area (Å²) >= 11 is 0. The van der Waals surface area contributed by atoms with Gasteiger partial charge in [0, 0.05) is 31.2 Å². The molecule has 0 aromatic heterocycles. The Labute approximate surface area is 125 Å². The summed E-state index contributed by atoms with van der Waals surface area (Å²) in [6.45, 7) is 7.58. The lowest BCUT2D eigenvalue weighted by Gasteiger charge is -2.47. The van der Waals surface area contributed by atoms with E-state index in [1.807, 2.05) is 0 Å². The maximum absolute atomic E-state index is 3.81. The van der Waals surface area contributed by atoms with Gasteiger partial charge in [0.2, 0.25) is 0 Å². The molecule has 20 heavy (non-hydrogen) atoms. The topological polar surface area (TPSA) is 18.5 Å². The smallest absolute Gasteiger partial charge is 0.0192 e. The van der Waals surface area contributed by atoms with E-state index in [9.17, 15) is 0 Å². The van der Waals surface area contributed by atoms with E-state index in [2.05, 4.69) is 29.1 Å². The Hall–Kier alpha value is -0.120. The van der Waals surface area contributed by atoms with Gasteiger partial charge in [0.15, 0.2) is 0 Å². The van der Waals surface area contributed by atoms with Gasteiger partial charge in [-0.05, 0) is 65.1 Å². The Morgan fingerprint density at radius 2 is 1.85 bits per heavy atom. The fourth-order valence-corrected chi connectivity index (χ4v) is 4.68. The molecule has 0 aromatic rings. The third-order valence-corrected chi connectivity index (χ3v) is 6.06. The van der Waals surface area contributed by atoms with E-state index in [1.54, 1.807) is 0 Å². The molecule has 0 aromatic carbocycles. The standard InChI is InChI=1S/C17H33N3/c1-14(12-18-16-7-3-4-8-16)20-11-9-17-15(13-20)6-5-10-19(17)2/h14-18H,3-13H2,1-2H3. The average Bonchev–Trinajstić information content (AvgIpc) is 2.98. The summed E-state index contributed by atoms with van der Waals surface area (Å²) < 4.78 is 0. The van der Waals surface area contributed by atoms with Crippen LogP contribution in [0.15, 0.2) is 0 Å². The highest BCUT2D eigenvalue weighted by Crippen LogP contribution is 2.30. The molecule has 2 aliphatic heterocycles. The number of piperidine rings is 2. The van der Waals surface area contributed by atoms with Gasteiger partial charge in [-0.2, -0.15) is 0 Å². The van der Waals surface area contributed by atoms with Crippen molar-refractivity contribution in [2.45, 2.75) is 70.0 Å². The molecule has 0 radical (unpaired) electrons. The molecule has 0 bridgehead atoms. The molecular weight excluding hydrogens is 246 g/mol. The highest BCUT2D eigenvalue weighted by atomic mass is 15.2. The Morgan fingerprint density at radius 1 is 1.05 bits per heavy atom. The number of likely N-dealkylation sites (tertiary alicyclic amines) is 2. The summed E-state index contributed by atoms with van der Waals surface area (Å²) in [7, 11) is 2.33.